The molecule has 0 bridgehead atoms. The maximum Gasteiger partial charge on any atom is 0.269 e. The average Bonchev–Trinajstić information content (AvgIpc) is 2.96. The van der Waals surface area contributed by atoms with Gasteiger partial charge in [0, 0.05) is 12.6 Å². The largest absolute Gasteiger partial charge is 0.506 e. The van der Waals surface area contributed by atoms with Gasteiger partial charge in [0.2, 0.25) is 0 Å². The van der Waals surface area contributed by atoms with Gasteiger partial charge in [0.25, 0.3) is 5.91 Å². The first-order chi connectivity index (χ1) is 13.9. The van der Waals surface area contributed by atoms with E-state index in [9.17, 15) is 9.90 Å². The van der Waals surface area contributed by atoms with Crippen molar-refractivity contribution in [2.24, 2.45) is 5.10 Å². The molecule has 1 aliphatic carbocycles. The number of carbonyl (C=O) groups is 1. The Hall–Kier alpha value is -2.64. The van der Waals surface area contributed by atoms with Crippen LogP contribution < -0.4 is 4.74 Å². The zero-order chi connectivity index (χ0) is 20.8. The molecule has 1 N–H and O–H groups in total. The van der Waals surface area contributed by atoms with Gasteiger partial charge in [-0.25, -0.2) is 5.01 Å². The Morgan fingerprint density at radius 2 is 1.90 bits per heavy atom. The van der Waals surface area contributed by atoms with Crippen molar-refractivity contribution < 1.29 is 14.6 Å². The molecule has 5 nitrogen and oxygen atoms in total. The Balaban J connectivity index is 1.65. The molecule has 2 aromatic rings. The standard InChI is InChI=1S/C22H18Br2N2O3/c1-26(25-14-15-12-19(23)21(27)20(24)13-15)22(28)16-6-5-9-18(11-10-16)29-17-7-3-2-4-8-17/h2-9,11-14,27H,10H2,1H3/b25-14+. The molecular weight excluding hydrogens is 500 g/mol. The second-order valence-electron chi connectivity index (χ2n) is 6.18. The molecule has 0 radical (unpaired) electrons. The second-order valence-corrected chi connectivity index (χ2v) is 7.89. The number of hydrogen-bond acceptors (Lipinski definition) is 4. The van der Waals surface area contributed by atoms with Gasteiger partial charge >= 0.3 is 0 Å². The number of phenols is 1. The molecular formula is C22H18Br2N2O3. The van der Waals surface area contributed by atoms with Crippen molar-refractivity contribution in [3.63, 3.8) is 0 Å². The Labute approximate surface area is 185 Å². The van der Waals surface area contributed by atoms with Crippen LogP contribution >= 0.6 is 31.9 Å². The molecule has 1 aliphatic rings. The van der Waals surface area contributed by atoms with E-state index in [0.717, 1.165) is 11.3 Å². The maximum atomic E-state index is 12.7. The van der Waals surface area contributed by atoms with Gasteiger partial charge in [0.15, 0.2) is 0 Å². The van der Waals surface area contributed by atoms with Crippen LogP contribution in [0.3, 0.4) is 0 Å². The van der Waals surface area contributed by atoms with E-state index >= 15 is 0 Å². The van der Waals surface area contributed by atoms with E-state index in [-0.39, 0.29) is 11.7 Å². The van der Waals surface area contributed by atoms with Crippen molar-refractivity contribution in [2.75, 3.05) is 7.05 Å². The molecule has 0 saturated carbocycles. The number of phenolic OH excluding ortho intramolecular Hbond substituents is 1. The molecule has 148 valence electrons. The molecule has 3 rings (SSSR count). The minimum absolute atomic E-state index is 0.113. The van der Waals surface area contributed by atoms with Gasteiger partial charge in [-0.05, 0) is 80.3 Å². The van der Waals surface area contributed by atoms with Crippen LogP contribution in [0.15, 0.2) is 92.1 Å². The van der Waals surface area contributed by atoms with Crippen LogP contribution in [0.4, 0.5) is 0 Å². The van der Waals surface area contributed by atoms with E-state index in [4.69, 9.17) is 4.74 Å². The van der Waals surface area contributed by atoms with Gasteiger partial charge in [0.1, 0.15) is 17.3 Å². The summed E-state index contributed by atoms with van der Waals surface area (Å²) in [6.45, 7) is 0. The van der Waals surface area contributed by atoms with E-state index in [1.54, 1.807) is 37.5 Å². The highest BCUT2D eigenvalue weighted by atomic mass is 79.9. The summed E-state index contributed by atoms with van der Waals surface area (Å²) in [5, 5.41) is 15.3. The van der Waals surface area contributed by atoms with Crippen molar-refractivity contribution >= 4 is 44.0 Å². The zero-order valence-electron chi connectivity index (χ0n) is 15.5. The van der Waals surface area contributed by atoms with Crippen LogP contribution in [0.2, 0.25) is 0 Å². The number of benzene rings is 2. The number of ether oxygens (including phenoxy) is 1. The van der Waals surface area contributed by atoms with Crippen LogP contribution in [0.25, 0.3) is 0 Å². The number of carbonyl (C=O) groups excluding carboxylic acids is 1. The predicted molar refractivity (Wildman–Crippen MR) is 121 cm³/mol. The van der Waals surface area contributed by atoms with Crippen molar-refractivity contribution in [1.82, 2.24) is 5.01 Å². The van der Waals surface area contributed by atoms with Crippen LogP contribution in [-0.2, 0) is 4.79 Å². The second kappa shape index (κ2) is 9.71. The third-order valence-electron chi connectivity index (χ3n) is 4.05. The molecule has 29 heavy (non-hydrogen) atoms. The normalized spacial score (nSPS) is 13.6. The monoisotopic (exact) mass is 516 g/mol. The highest BCUT2D eigenvalue weighted by molar-refractivity contribution is 9.11. The summed E-state index contributed by atoms with van der Waals surface area (Å²) >= 11 is 6.55. The summed E-state index contributed by atoms with van der Waals surface area (Å²) in [4.78, 5) is 12.7. The first kappa shape index (κ1) is 21.1. The Kier molecular flexibility index (Phi) is 7.06. The fourth-order valence-corrected chi connectivity index (χ4v) is 3.76. The van der Waals surface area contributed by atoms with Crippen LogP contribution in [0.1, 0.15) is 12.0 Å². The SMILES string of the molecule is CN(/N=C/c1cc(Br)c(O)c(Br)c1)C(=O)C1=CC=CC(Oc2ccccc2)=CC1. The number of para-hydroxylation sites is 1. The molecule has 0 saturated heterocycles. The molecule has 0 unspecified atom stereocenters. The quantitative estimate of drug-likeness (QED) is 0.417. The number of amides is 1. The first-order valence-corrected chi connectivity index (χ1v) is 10.3. The van der Waals surface area contributed by atoms with Gasteiger partial charge in [0.05, 0.1) is 15.2 Å². The molecule has 0 spiro atoms. The highest BCUT2D eigenvalue weighted by Crippen LogP contribution is 2.32. The van der Waals surface area contributed by atoms with Gasteiger partial charge in [-0.1, -0.05) is 30.4 Å². The summed E-state index contributed by atoms with van der Waals surface area (Å²) in [5.41, 5.74) is 1.33. The maximum absolute atomic E-state index is 12.7. The van der Waals surface area contributed by atoms with Gasteiger partial charge < -0.3 is 9.84 Å². The lowest BCUT2D eigenvalue weighted by atomic mass is 10.1. The number of nitrogens with zero attached hydrogens (tertiary/aromatic N) is 2. The fraction of sp³-hybridized carbons (Fsp3) is 0.0909. The summed E-state index contributed by atoms with van der Waals surface area (Å²) in [7, 11) is 1.60. The van der Waals surface area contributed by atoms with Crippen LogP contribution in [-0.4, -0.2) is 29.3 Å². The van der Waals surface area contributed by atoms with Crippen molar-refractivity contribution in [2.45, 2.75) is 6.42 Å². The molecule has 2 aromatic carbocycles. The molecule has 1 amide bonds. The van der Waals surface area contributed by atoms with Crippen molar-refractivity contribution in [1.29, 1.82) is 0 Å². The lowest BCUT2D eigenvalue weighted by molar-refractivity contribution is -0.125. The molecule has 0 aliphatic heterocycles. The number of hydrogen-bond donors (Lipinski definition) is 1. The van der Waals surface area contributed by atoms with Gasteiger partial charge in [-0.15, -0.1) is 0 Å². The summed E-state index contributed by atoms with van der Waals surface area (Å²) in [5.74, 6) is 1.33. The predicted octanol–water partition coefficient (Wildman–Crippen LogP) is 5.56. The number of halogens is 2. The van der Waals surface area contributed by atoms with E-state index in [1.165, 1.54) is 5.01 Å². The molecule has 0 atom stereocenters. The van der Waals surface area contributed by atoms with Crippen LogP contribution in [0.5, 0.6) is 11.5 Å². The van der Waals surface area contributed by atoms with E-state index in [1.807, 2.05) is 42.5 Å². The van der Waals surface area contributed by atoms with E-state index in [0.29, 0.717) is 26.7 Å². The summed E-state index contributed by atoms with van der Waals surface area (Å²) in [6.07, 6.45) is 9.23. The summed E-state index contributed by atoms with van der Waals surface area (Å²) in [6, 6.07) is 12.9. The highest BCUT2D eigenvalue weighted by Gasteiger charge is 2.14. The minimum Gasteiger partial charge on any atom is -0.506 e. The van der Waals surface area contributed by atoms with Crippen LogP contribution in [0, 0.1) is 0 Å². The number of likely N-dealkylation sites (N-methyl/N-ethyl adjacent to an activating group) is 1. The average molecular weight is 518 g/mol. The number of aromatic hydroxyl groups is 1. The van der Waals surface area contributed by atoms with Crippen molar-refractivity contribution in [3.05, 3.63) is 92.6 Å². The number of hydrazone groups is 1. The topological polar surface area (TPSA) is 62.1 Å². The smallest absolute Gasteiger partial charge is 0.269 e. The third-order valence-corrected chi connectivity index (χ3v) is 5.26. The van der Waals surface area contributed by atoms with Gasteiger partial charge in [-0.3, -0.25) is 4.79 Å². The number of rotatable bonds is 5. The Morgan fingerprint density at radius 1 is 1.21 bits per heavy atom. The summed E-state index contributed by atoms with van der Waals surface area (Å²) < 4.78 is 6.89. The third kappa shape index (κ3) is 5.68. The first-order valence-electron chi connectivity index (χ1n) is 8.74. The van der Waals surface area contributed by atoms with Crippen molar-refractivity contribution in [3.8, 4) is 11.5 Å². The molecule has 0 aromatic heterocycles. The number of allylic oxidation sites excluding steroid dienone is 4. The van der Waals surface area contributed by atoms with E-state index < -0.39 is 0 Å². The van der Waals surface area contributed by atoms with E-state index in [2.05, 4.69) is 37.0 Å². The zero-order valence-corrected chi connectivity index (χ0v) is 18.7. The fourth-order valence-electron chi connectivity index (χ4n) is 2.54. The molecule has 7 heteroatoms. The lowest BCUT2D eigenvalue weighted by Crippen LogP contribution is -2.23. The molecule has 0 fully saturated rings. The lowest BCUT2D eigenvalue weighted by Gasteiger charge is -2.12. The minimum atomic E-state index is -0.208. The Morgan fingerprint density at radius 3 is 2.59 bits per heavy atom. The van der Waals surface area contributed by atoms with Gasteiger partial charge in [-0.2, -0.15) is 5.10 Å². The molecule has 0 heterocycles. The Bertz CT molecular complexity index is 1000.